The van der Waals surface area contributed by atoms with Crippen LogP contribution in [0.15, 0.2) is 46.6 Å². The van der Waals surface area contributed by atoms with Gasteiger partial charge in [-0.3, -0.25) is 4.79 Å². The second-order valence-electron chi connectivity index (χ2n) is 5.63. The Balaban J connectivity index is 1.62. The van der Waals surface area contributed by atoms with Gasteiger partial charge in [0.05, 0.1) is 11.4 Å². The predicted molar refractivity (Wildman–Crippen MR) is 91.8 cm³/mol. The molecule has 0 aliphatic carbocycles. The van der Waals surface area contributed by atoms with Gasteiger partial charge in [-0.1, -0.05) is 30.3 Å². The molecule has 0 saturated heterocycles. The van der Waals surface area contributed by atoms with Gasteiger partial charge in [0.25, 0.3) is 5.56 Å². The molecule has 0 unspecified atom stereocenters. The van der Waals surface area contributed by atoms with Crippen LogP contribution in [0, 0.1) is 0 Å². The van der Waals surface area contributed by atoms with Crippen LogP contribution >= 0.6 is 11.3 Å². The van der Waals surface area contributed by atoms with Crippen LogP contribution in [0.2, 0.25) is 0 Å². The fraction of sp³-hybridized carbons (Fsp3) is 0.235. The van der Waals surface area contributed by atoms with Crippen LogP contribution < -0.4 is 10.5 Å². The summed E-state index contributed by atoms with van der Waals surface area (Å²) in [4.78, 5) is 18.8. The van der Waals surface area contributed by atoms with E-state index in [1.165, 1.54) is 4.68 Å². The van der Waals surface area contributed by atoms with Gasteiger partial charge >= 0.3 is 0 Å². The summed E-state index contributed by atoms with van der Waals surface area (Å²) in [6, 6.07) is 11.9. The smallest absolute Gasteiger partial charge is 0.266 e. The van der Waals surface area contributed by atoms with E-state index in [9.17, 15) is 4.79 Å². The van der Waals surface area contributed by atoms with Gasteiger partial charge in [-0.15, -0.1) is 11.3 Å². The minimum absolute atomic E-state index is 0.0605. The standard InChI is InChI=1S/C17H16N4OS/c1-20-16(22)9-13-10-21(8-7-14(13)19-20)17-18-15(11-23-17)12-5-3-2-4-6-12/h2-6,9,11H,7-8,10H2,1H3. The van der Waals surface area contributed by atoms with E-state index in [-0.39, 0.29) is 5.56 Å². The Kier molecular flexibility index (Phi) is 3.46. The van der Waals surface area contributed by atoms with E-state index in [0.29, 0.717) is 6.54 Å². The van der Waals surface area contributed by atoms with Crippen LogP contribution in [0.4, 0.5) is 5.13 Å². The Labute approximate surface area is 137 Å². The average Bonchev–Trinajstić information content (AvgIpc) is 3.06. The molecular weight excluding hydrogens is 308 g/mol. The van der Waals surface area contributed by atoms with Crippen LogP contribution in [-0.2, 0) is 20.0 Å². The normalized spacial score (nSPS) is 13.9. The van der Waals surface area contributed by atoms with Gasteiger partial charge in [0.1, 0.15) is 0 Å². The minimum Gasteiger partial charge on any atom is -0.343 e. The molecule has 0 N–H and O–H groups in total. The minimum atomic E-state index is -0.0605. The highest BCUT2D eigenvalue weighted by atomic mass is 32.1. The van der Waals surface area contributed by atoms with E-state index >= 15 is 0 Å². The molecule has 3 heterocycles. The van der Waals surface area contributed by atoms with Crippen molar-refractivity contribution in [3.63, 3.8) is 0 Å². The summed E-state index contributed by atoms with van der Waals surface area (Å²) >= 11 is 1.64. The molecule has 0 spiro atoms. The molecule has 6 heteroatoms. The maximum absolute atomic E-state index is 11.8. The third kappa shape index (κ3) is 2.66. The van der Waals surface area contributed by atoms with Crippen LogP contribution in [-0.4, -0.2) is 21.3 Å². The molecule has 2 aromatic heterocycles. The molecule has 0 fully saturated rings. The van der Waals surface area contributed by atoms with Crippen molar-refractivity contribution in [2.24, 2.45) is 7.05 Å². The summed E-state index contributed by atoms with van der Waals surface area (Å²) in [6.45, 7) is 1.57. The SMILES string of the molecule is Cn1nc2c(cc1=O)CN(c1nc(-c3ccccc3)cs1)CC2. The van der Waals surface area contributed by atoms with E-state index in [0.717, 1.165) is 40.6 Å². The lowest BCUT2D eigenvalue weighted by atomic mass is 10.1. The van der Waals surface area contributed by atoms with E-state index in [1.54, 1.807) is 24.5 Å². The number of hydrogen-bond donors (Lipinski definition) is 0. The molecule has 0 atom stereocenters. The van der Waals surface area contributed by atoms with Gasteiger partial charge < -0.3 is 4.90 Å². The first-order valence-electron chi connectivity index (χ1n) is 7.53. The quantitative estimate of drug-likeness (QED) is 0.727. The van der Waals surface area contributed by atoms with Gasteiger partial charge in [0.2, 0.25) is 0 Å². The summed E-state index contributed by atoms with van der Waals surface area (Å²) in [5, 5.41) is 7.44. The number of aryl methyl sites for hydroxylation is 1. The summed E-state index contributed by atoms with van der Waals surface area (Å²) in [7, 11) is 1.70. The maximum Gasteiger partial charge on any atom is 0.266 e. The Morgan fingerprint density at radius 2 is 2.04 bits per heavy atom. The Hall–Kier alpha value is -2.47. The fourth-order valence-electron chi connectivity index (χ4n) is 2.81. The van der Waals surface area contributed by atoms with E-state index in [1.807, 2.05) is 18.2 Å². The zero-order valence-corrected chi connectivity index (χ0v) is 13.6. The lowest BCUT2D eigenvalue weighted by molar-refractivity contribution is 0.624. The monoisotopic (exact) mass is 324 g/mol. The Morgan fingerprint density at radius 3 is 2.87 bits per heavy atom. The first-order valence-corrected chi connectivity index (χ1v) is 8.41. The highest BCUT2D eigenvalue weighted by Crippen LogP contribution is 2.30. The third-order valence-electron chi connectivity index (χ3n) is 4.07. The first kappa shape index (κ1) is 14.1. The molecule has 5 nitrogen and oxygen atoms in total. The number of rotatable bonds is 2. The number of thiazole rings is 1. The second kappa shape index (κ2) is 5.62. The van der Waals surface area contributed by atoms with E-state index in [2.05, 4.69) is 27.5 Å². The maximum atomic E-state index is 11.8. The van der Waals surface area contributed by atoms with E-state index in [4.69, 9.17) is 4.98 Å². The molecule has 0 radical (unpaired) electrons. The predicted octanol–water partition coefficient (Wildman–Crippen LogP) is 2.47. The molecule has 3 aromatic rings. The summed E-state index contributed by atoms with van der Waals surface area (Å²) in [5.41, 5.74) is 4.09. The van der Waals surface area contributed by atoms with E-state index < -0.39 is 0 Å². The van der Waals surface area contributed by atoms with Gasteiger partial charge in [0, 0.05) is 49.1 Å². The molecule has 1 aliphatic rings. The molecule has 23 heavy (non-hydrogen) atoms. The number of aromatic nitrogens is 3. The Morgan fingerprint density at radius 1 is 1.22 bits per heavy atom. The lowest BCUT2D eigenvalue weighted by Gasteiger charge is -2.27. The zero-order valence-electron chi connectivity index (χ0n) is 12.8. The van der Waals surface area contributed by atoms with Crippen molar-refractivity contribution < 1.29 is 0 Å². The second-order valence-corrected chi connectivity index (χ2v) is 6.47. The molecule has 0 bridgehead atoms. The average molecular weight is 324 g/mol. The van der Waals surface area contributed by atoms with Crippen LogP contribution in [0.3, 0.4) is 0 Å². The molecular formula is C17H16N4OS. The van der Waals surface area contributed by atoms with Gasteiger partial charge in [-0.25, -0.2) is 9.67 Å². The van der Waals surface area contributed by atoms with Crippen molar-refractivity contribution in [3.8, 4) is 11.3 Å². The van der Waals surface area contributed by atoms with Crippen LogP contribution in [0.1, 0.15) is 11.3 Å². The van der Waals surface area contributed by atoms with Crippen molar-refractivity contribution in [2.45, 2.75) is 13.0 Å². The van der Waals surface area contributed by atoms with Crippen molar-refractivity contribution in [1.29, 1.82) is 0 Å². The lowest BCUT2D eigenvalue weighted by Crippen LogP contribution is -2.34. The highest BCUT2D eigenvalue weighted by molar-refractivity contribution is 7.14. The topological polar surface area (TPSA) is 51.0 Å². The number of hydrogen-bond acceptors (Lipinski definition) is 5. The molecule has 1 aromatic carbocycles. The summed E-state index contributed by atoms with van der Waals surface area (Å²) < 4.78 is 1.41. The largest absolute Gasteiger partial charge is 0.343 e. The van der Waals surface area contributed by atoms with Crippen LogP contribution in [0.25, 0.3) is 11.3 Å². The van der Waals surface area contributed by atoms with Crippen molar-refractivity contribution in [2.75, 3.05) is 11.4 Å². The Bertz CT molecular complexity index is 900. The zero-order chi connectivity index (χ0) is 15.8. The number of nitrogens with zero attached hydrogens (tertiary/aromatic N) is 4. The molecule has 116 valence electrons. The number of anilines is 1. The molecule has 0 amide bonds. The van der Waals surface area contributed by atoms with Gasteiger partial charge in [-0.2, -0.15) is 5.10 Å². The number of fused-ring (bicyclic) bond motifs is 1. The first-order chi connectivity index (χ1) is 11.2. The van der Waals surface area contributed by atoms with Gasteiger partial charge in [0.15, 0.2) is 5.13 Å². The van der Waals surface area contributed by atoms with Gasteiger partial charge in [-0.05, 0) is 0 Å². The molecule has 4 rings (SSSR count). The number of benzene rings is 1. The van der Waals surface area contributed by atoms with Crippen LogP contribution in [0.5, 0.6) is 0 Å². The highest BCUT2D eigenvalue weighted by Gasteiger charge is 2.21. The summed E-state index contributed by atoms with van der Waals surface area (Å²) in [6.07, 6.45) is 0.837. The third-order valence-corrected chi connectivity index (χ3v) is 4.97. The fourth-order valence-corrected chi connectivity index (χ4v) is 3.67. The molecule has 1 aliphatic heterocycles. The van der Waals surface area contributed by atoms with Crippen molar-refractivity contribution >= 4 is 16.5 Å². The van der Waals surface area contributed by atoms with Crippen molar-refractivity contribution in [1.82, 2.24) is 14.8 Å². The summed E-state index contributed by atoms with van der Waals surface area (Å²) in [5.74, 6) is 0. The van der Waals surface area contributed by atoms with Crippen molar-refractivity contribution in [3.05, 3.63) is 63.4 Å². The molecule has 0 saturated carbocycles.